The summed E-state index contributed by atoms with van der Waals surface area (Å²) in [5.41, 5.74) is 0.940. The maximum Gasteiger partial charge on any atom is 0.123 e. The average Bonchev–Trinajstić information content (AvgIpc) is 2.81. The van der Waals surface area contributed by atoms with Crippen LogP contribution in [0.15, 0.2) is 35.7 Å². The molecule has 0 bridgehead atoms. The van der Waals surface area contributed by atoms with Gasteiger partial charge in [-0.15, -0.1) is 22.9 Å². The van der Waals surface area contributed by atoms with Crippen LogP contribution in [0.1, 0.15) is 15.8 Å². The minimum absolute atomic E-state index is 0.123. The van der Waals surface area contributed by atoms with E-state index in [9.17, 15) is 0 Å². The van der Waals surface area contributed by atoms with Gasteiger partial charge in [0, 0.05) is 21.9 Å². The monoisotopic (exact) mass is 286 g/mol. The Morgan fingerprint density at radius 1 is 1.35 bits per heavy atom. The number of hydrogen-bond acceptors (Lipinski definition) is 2. The van der Waals surface area contributed by atoms with E-state index in [1.165, 1.54) is 4.88 Å². The van der Waals surface area contributed by atoms with Gasteiger partial charge in [0.25, 0.3) is 0 Å². The van der Waals surface area contributed by atoms with E-state index in [1.54, 1.807) is 24.5 Å². The number of halogens is 2. The zero-order valence-electron chi connectivity index (χ0n) is 9.32. The van der Waals surface area contributed by atoms with E-state index >= 15 is 0 Å². The van der Waals surface area contributed by atoms with Crippen LogP contribution < -0.4 is 4.74 Å². The fraction of sp³-hybridized carbons (Fsp3) is 0.231. The fourth-order valence-corrected chi connectivity index (χ4v) is 3.03. The Balaban J connectivity index is 2.23. The number of alkyl halides is 1. The van der Waals surface area contributed by atoms with E-state index in [0.717, 1.165) is 17.7 Å². The smallest absolute Gasteiger partial charge is 0.123 e. The summed E-state index contributed by atoms with van der Waals surface area (Å²) in [6.07, 6.45) is 0.788. The number of rotatable bonds is 4. The molecular weight excluding hydrogens is 275 g/mol. The van der Waals surface area contributed by atoms with Gasteiger partial charge in [0.1, 0.15) is 5.75 Å². The van der Waals surface area contributed by atoms with Crippen molar-refractivity contribution in [3.8, 4) is 5.75 Å². The highest BCUT2D eigenvalue weighted by Crippen LogP contribution is 2.34. The lowest BCUT2D eigenvalue weighted by Gasteiger charge is -2.13. The predicted octanol–water partition coefficient (Wildman–Crippen LogP) is 4.93. The van der Waals surface area contributed by atoms with E-state index in [0.29, 0.717) is 5.02 Å². The van der Waals surface area contributed by atoms with Crippen molar-refractivity contribution in [1.29, 1.82) is 0 Å². The zero-order chi connectivity index (χ0) is 12.3. The van der Waals surface area contributed by atoms with Crippen LogP contribution in [0.25, 0.3) is 0 Å². The first-order chi connectivity index (χ1) is 8.20. The number of hydrogen-bond donors (Lipinski definition) is 0. The average molecular weight is 287 g/mol. The molecule has 4 heteroatoms. The molecule has 90 valence electrons. The third kappa shape index (κ3) is 3.15. The van der Waals surface area contributed by atoms with Gasteiger partial charge in [-0.1, -0.05) is 17.7 Å². The number of methoxy groups -OCH3 is 1. The third-order valence-corrected chi connectivity index (χ3v) is 4.01. The summed E-state index contributed by atoms with van der Waals surface area (Å²) in [6, 6.07) is 9.63. The highest BCUT2D eigenvalue weighted by atomic mass is 35.5. The van der Waals surface area contributed by atoms with Gasteiger partial charge < -0.3 is 4.74 Å². The second-order valence-corrected chi connectivity index (χ2v) is 5.63. The first-order valence-electron chi connectivity index (χ1n) is 5.20. The summed E-state index contributed by atoms with van der Waals surface area (Å²) in [4.78, 5) is 1.26. The van der Waals surface area contributed by atoms with Gasteiger partial charge in [0.2, 0.25) is 0 Å². The molecule has 0 saturated carbocycles. The van der Waals surface area contributed by atoms with Crippen molar-refractivity contribution in [2.24, 2.45) is 0 Å². The Hall–Kier alpha value is -0.700. The summed E-state index contributed by atoms with van der Waals surface area (Å²) < 4.78 is 5.30. The van der Waals surface area contributed by atoms with E-state index < -0.39 is 0 Å². The van der Waals surface area contributed by atoms with Crippen molar-refractivity contribution >= 4 is 34.5 Å². The number of ether oxygens (including phenoxy) is 1. The lowest BCUT2D eigenvalue weighted by atomic mass is 10.1. The van der Waals surface area contributed by atoms with E-state index in [1.807, 2.05) is 23.6 Å². The molecule has 1 aromatic carbocycles. The first kappa shape index (κ1) is 12.7. The van der Waals surface area contributed by atoms with Crippen molar-refractivity contribution in [1.82, 2.24) is 0 Å². The van der Waals surface area contributed by atoms with Crippen LogP contribution in [-0.2, 0) is 6.42 Å². The van der Waals surface area contributed by atoms with Crippen LogP contribution in [0.4, 0.5) is 0 Å². The SMILES string of the molecule is COc1ccc(Cl)cc1C(Cl)Cc1cccs1. The molecule has 1 aromatic heterocycles. The molecule has 0 aliphatic carbocycles. The van der Waals surface area contributed by atoms with E-state index in [2.05, 4.69) is 6.07 Å². The topological polar surface area (TPSA) is 9.23 Å². The van der Waals surface area contributed by atoms with Crippen LogP contribution in [-0.4, -0.2) is 7.11 Å². The highest BCUT2D eigenvalue weighted by molar-refractivity contribution is 7.09. The minimum atomic E-state index is -0.123. The highest BCUT2D eigenvalue weighted by Gasteiger charge is 2.15. The summed E-state index contributed by atoms with van der Waals surface area (Å²) in [6.45, 7) is 0. The second-order valence-electron chi connectivity index (χ2n) is 3.64. The molecule has 0 aliphatic rings. The van der Waals surface area contributed by atoms with Crippen molar-refractivity contribution in [2.45, 2.75) is 11.8 Å². The van der Waals surface area contributed by atoms with Crippen molar-refractivity contribution < 1.29 is 4.74 Å². The molecule has 0 amide bonds. The van der Waals surface area contributed by atoms with Crippen molar-refractivity contribution in [2.75, 3.05) is 7.11 Å². The molecule has 0 aliphatic heterocycles. The quantitative estimate of drug-likeness (QED) is 0.724. The second kappa shape index (κ2) is 5.76. The predicted molar refractivity (Wildman–Crippen MR) is 74.6 cm³/mol. The third-order valence-electron chi connectivity index (χ3n) is 2.49. The summed E-state index contributed by atoms with van der Waals surface area (Å²) in [5.74, 6) is 0.783. The van der Waals surface area contributed by atoms with Crippen molar-refractivity contribution in [3.63, 3.8) is 0 Å². The van der Waals surface area contributed by atoms with Crippen LogP contribution in [0, 0.1) is 0 Å². The molecule has 17 heavy (non-hydrogen) atoms. The lowest BCUT2D eigenvalue weighted by molar-refractivity contribution is 0.409. The van der Waals surface area contributed by atoms with Gasteiger partial charge in [0.15, 0.2) is 0 Å². The molecule has 0 saturated heterocycles. The van der Waals surface area contributed by atoms with Gasteiger partial charge in [0.05, 0.1) is 12.5 Å². The Morgan fingerprint density at radius 3 is 2.82 bits per heavy atom. The normalized spacial score (nSPS) is 12.4. The fourth-order valence-electron chi connectivity index (χ4n) is 1.67. The number of thiophene rings is 1. The largest absolute Gasteiger partial charge is 0.496 e. The summed E-state index contributed by atoms with van der Waals surface area (Å²) in [7, 11) is 1.64. The van der Waals surface area contributed by atoms with E-state index in [4.69, 9.17) is 27.9 Å². The molecule has 2 rings (SSSR count). The van der Waals surface area contributed by atoms with Gasteiger partial charge >= 0.3 is 0 Å². The Morgan fingerprint density at radius 2 is 2.18 bits per heavy atom. The molecule has 1 atom stereocenters. The van der Waals surface area contributed by atoms with Gasteiger partial charge in [-0.2, -0.15) is 0 Å². The summed E-state index contributed by atoms with van der Waals surface area (Å²) in [5, 5.41) is 2.61. The molecule has 1 unspecified atom stereocenters. The molecule has 0 fully saturated rings. The summed E-state index contributed by atoms with van der Waals surface area (Å²) >= 11 is 14.1. The molecule has 2 aromatic rings. The zero-order valence-corrected chi connectivity index (χ0v) is 11.6. The van der Waals surface area contributed by atoms with Gasteiger partial charge in [-0.05, 0) is 29.6 Å². The Labute approximate surface area is 115 Å². The van der Waals surface area contributed by atoms with Crippen LogP contribution in [0.2, 0.25) is 5.02 Å². The maximum atomic E-state index is 6.42. The molecule has 0 N–H and O–H groups in total. The van der Waals surface area contributed by atoms with Gasteiger partial charge in [-0.3, -0.25) is 0 Å². The molecule has 1 heterocycles. The first-order valence-corrected chi connectivity index (χ1v) is 6.90. The molecule has 1 nitrogen and oxygen atoms in total. The molecule has 0 radical (unpaired) electrons. The Kier molecular flexibility index (Phi) is 4.32. The van der Waals surface area contributed by atoms with Gasteiger partial charge in [-0.25, -0.2) is 0 Å². The minimum Gasteiger partial charge on any atom is -0.496 e. The molecular formula is C13H12Cl2OS. The van der Waals surface area contributed by atoms with Crippen molar-refractivity contribution in [3.05, 3.63) is 51.2 Å². The van der Waals surface area contributed by atoms with Crippen LogP contribution in [0.3, 0.4) is 0 Å². The number of benzene rings is 1. The van der Waals surface area contributed by atoms with Crippen LogP contribution >= 0.6 is 34.5 Å². The van der Waals surface area contributed by atoms with E-state index in [-0.39, 0.29) is 5.38 Å². The Bertz CT molecular complexity index is 482. The maximum absolute atomic E-state index is 6.42. The lowest BCUT2D eigenvalue weighted by Crippen LogP contribution is -1.98. The van der Waals surface area contributed by atoms with Crippen LogP contribution in [0.5, 0.6) is 5.75 Å². The molecule has 0 spiro atoms. The standard InChI is InChI=1S/C13H12Cl2OS/c1-16-13-5-4-9(14)7-11(13)12(15)8-10-3-2-6-17-10/h2-7,12H,8H2,1H3.